The van der Waals surface area contributed by atoms with E-state index in [1.165, 1.54) is 12.0 Å². The zero-order chi connectivity index (χ0) is 18.8. The first kappa shape index (κ1) is 17.8. The second kappa shape index (κ2) is 7.07. The largest absolute Gasteiger partial charge is 0.493 e. The van der Waals surface area contributed by atoms with E-state index in [2.05, 4.69) is 5.32 Å². The van der Waals surface area contributed by atoms with Gasteiger partial charge in [-0.1, -0.05) is 30.3 Å². The van der Waals surface area contributed by atoms with Crippen molar-refractivity contribution in [3.05, 3.63) is 53.2 Å². The molecule has 0 fully saturated rings. The molecule has 2 aromatic carbocycles. The van der Waals surface area contributed by atoms with Crippen LogP contribution in [0.15, 0.2) is 47.7 Å². The van der Waals surface area contributed by atoms with Gasteiger partial charge in [-0.2, -0.15) is 0 Å². The van der Waals surface area contributed by atoms with Gasteiger partial charge in [0.05, 0.1) is 25.3 Å². The van der Waals surface area contributed by atoms with E-state index in [-0.39, 0.29) is 6.03 Å². The van der Waals surface area contributed by atoms with Crippen LogP contribution >= 0.6 is 0 Å². The van der Waals surface area contributed by atoms with Gasteiger partial charge in [0.1, 0.15) is 5.75 Å². The van der Waals surface area contributed by atoms with Crippen molar-refractivity contribution in [1.29, 1.82) is 0 Å². The fraction of sp³-hybridized carbons (Fsp3) is 0.300. The highest BCUT2D eigenvalue weighted by atomic mass is 16.5. The van der Waals surface area contributed by atoms with Crippen molar-refractivity contribution in [2.75, 3.05) is 20.8 Å². The number of methoxy groups -OCH3 is 1. The molecular formula is C20H22N2O4. The summed E-state index contributed by atoms with van der Waals surface area (Å²) < 4.78 is 10.8. The monoisotopic (exact) mass is 354 g/mol. The van der Waals surface area contributed by atoms with E-state index in [1.807, 2.05) is 43.3 Å². The number of amides is 2. The Morgan fingerprint density at radius 3 is 2.65 bits per heavy atom. The van der Waals surface area contributed by atoms with Crippen LogP contribution in [0, 0.1) is 0 Å². The van der Waals surface area contributed by atoms with Crippen LogP contribution in [0.3, 0.4) is 0 Å². The average molecular weight is 354 g/mol. The van der Waals surface area contributed by atoms with E-state index < -0.39 is 12.0 Å². The fourth-order valence-electron chi connectivity index (χ4n) is 3.28. The predicted octanol–water partition coefficient (Wildman–Crippen LogP) is 3.38. The Hall–Kier alpha value is -3.02. The maximum absolute atomic E-state index is 12.5. The zero-order valence-corrected chi connectivity index (χ0v) is 15.3. The maximum Gasteiger partial charge on any atom is 0.337 e. The van der Waals surface area contributed by atoms with Gasteiger partial charge in [0.15, 0.2) is 0 Å². The summed E-state index contributed by atoms with van der Waals surface area (Å²) in [6.07, 6.45) is 0. The lowest BCUT2D eigenvalue weighted by Crippen LogP contribution is -2.46. The average Bonchev–Trinajstić information content (AvgIpc) is 2.65. The molecule has 136 valence electrons. The van der Waals surface area contributed by atoms with Gasteiger partial charge in [0.25, 0.3) is 0 Å². The van der Waals surface area contributed by atoms with Crippen LogP contribution in [0.25, 0.3) is 10.8 Å². The van der Waals surface area contributed by atoms with Gasteiger partial charge in [-0.25, -0.2) is 9.59 Å². The Bertz CT molecular complexity index is 904. The minimum atomic E-state index is -0.654. The van der Waals surface area contributed by atoms with E-state index in [0.29, 0.717) is 23.6 Å². The second-order valence-corrected chi connectivity index (χ2v) is 6.06. The lowest BCUT2D eigenvalue weighted by molar-refractivity contribution is -0.136. The summed E-state index contributed by atoms with van der Waals surface area (Å²) in [6, 6.07) is 10.7. The molecule has 1 N–H and O–H groups in total. The standard InChI is InChI=1S/C20H22N2O4/c1-5-26-15-11-10-13-8-6-7-9-14(13)17(15)18-16(19(23)25-4)12(2)22(3)20(24)21-18/h6-11,18H,5H2,1-4H3,(H,21,24)/t18-/m0/s1. The number of fused-ring (bicyclic) bond motifs is 1. The molecule has 0 saturated heterocycles. The first-order chi connectivity index (χ1) is 12.5. The molecule has 1 atom stereocenters. The molecule has 6 nitrogen and oxygen atoms in total. The molecule has 1 heterocycles. The van der Waals surface area contributed by atoms with Gasteiger partial charge in [-0.05, 0) is 30.7 Å². The SMILES string of the molecule is CCOc1ccc2ccccc2c1[C@H]1NC(=O)N(C)C(C)=C1C(=O)OC. The van der Waals surface area contributed by atoms with Crippen molar-refractivity contribution in [3.63, 3.8) is 0 Å². The van der Waals surface area contributed by atoms with Gasteiger partial charge < -0.3 is 19.7 Å². The van der Waals surface area contributed by atoms with Crippen molar-refractivity contribution in [3.8, 4) is 5.75 Å². The minimum absolute atomic E-state index is 0.282. The molecule has 0 spiro atoms. The molecule has 0 aliphatic carbocycles. The third-order valence-corrected chi connectivity index (χ3v) is 4.68. The lowest BCUT2D eigenvalue weighted by atomic mass is 9.90. The van der Waals surface area contributed by atoms with E-state index in [4.69, 9.17) is 9.47 Å². The van der Waals surface area contributed by atoms with Gasteiger partial charge in [-0.3, -0.25) is 0 Å². The Labute approximate surface area is 152 Å². The van der Waals surface area contributed by atoms with Gasteiger partial charge in [0, 0.05) is 18.3 Å². The molecule has 1 aliphatic heterocycles. The molecule has 0 unspecified atom stereocenters. The van der Waals surface area contributed by atoms with Crippen LogP contribution in [0.1, 0.15) is 25.5 Å². The number of ether oxygens (including phenoxy) is 2. The van der Waals surface area contributed by atoms with Crippen LogP contribution in [0.5, 0.6) is 5.75 Å². The molecule has 0 saturated carbocycles. The van der Waals surface area contributed by atoms with Gasteiger partial charge in [-0.15, -0.1) is 0 Å². The summed E-state index contributed by atoms with van der Waals surface area (Å²) in [7, 11) is 2.96. The molecule has 3 rings (SSSR count). The Morgan fingerprint density at radius 2 is 1.96 bits per heavy atom. The summed E-state index contributed by atoms with van der Waals surface area (Å²) in [5.41, 5.74) is 1.71. The fourth-order valence-corrected chi connectivity index (χ4v) is 3.28. The van der Waals surface area contributed by atoms with Crippen LogP contribution in [-0.2, 0) is 9.53 Å². The summed E-state index contributed by atoms with van der Waals surface area (Å²) in [4.78, 5) is 26.4. The van der Waals surface area contributed by atoms with Crippen LogP contribution < -0.4 is 10.1 Å². The van der Waals surface area contributed by atoms with Gasteiger partial charge in [0.2, 0.25) is 0 Å². The minimum Gasteiger partial charge on any atom is -0.493 e. The van der Waals surface area contributed by atoms with Crippen molar-refractivity contribution < 1.29 is 19.1 Å². The Morgan fingerprint density at radius 1 is 1.23 bits per heavy atom. The van der Waals surface area contributed by atoms with E-state index in [9.17, 15) is 9.59 Å². The summed E-state index contributed by atoms with van der Waals surface area (Å²) >= 11 is 0. The first-order valence-corrected chi connectivity index (χ1v) is 8.47. The molecule has 2 amide bonds. The number of carbonyl (C=O) groups excluding carboxylic acids is 2. The van der Waals surface area contributed by atoms with Crippen molar-refractivity contribution in [2.24, 2.45) is 0 Å². The first-order valence-electron chi connectivity index (χ1n) is 8.47. The molecule has 0 aromatic heterocycles. The van der Waals surface area contributed by atoms with Crippen LogP contribution in [-0.4, -0.2) is 37.7 Å². The lowest BCUT2D eigenvalue weighted by Gasteiger charge is -2.34. The van der Waals surface area contributed by atoms with E-state index in [0.717, 1.165) is 16.3 Å². The third kappa shape index (κ3) is 2.87. The molecule has 0 radical (unpaired) electrons. The van der Waals surface area contributed by atoms with Crippen LogP contribution in [0.2, 0.25) is 0 Å². The topological polar surface area (TPSA) is 67.9 Å². The third-order valence-electron chi connectivity index (χ3n) is 4.68. The van der Waals surface area contributed by atoms with E-state index >= 15 is 0 Å². The van der Waals surface area contributed by atoms with Crippen LogP contribution in [0.4, 0.5) is 4.79 Å². The number of benzene rings is 2. The zero-order valence-electron chi connectivity index (χ0n) is 15.3. The van der Waals surface area contributed by atoms with Crippen molar-refractivity contribution >= 4 is 22.8 Å². The second-order valence-electron chi connectivity index (χ2n) is 6.06. The smallest absolute Gasteiger partial charge is 0.337 e. The predicted molar refractivity (Wildman–Crippen MR) is 98.9 cm³/mol. The number of allylic oxidation sites excluding steroid dienone is 1. The number of rotatable bonds is 4. The quantitative estimate of drug-likeness (QED) is 0.855. The molecule has 26 heavy (non-hydrogen) atoms. The van der Waals surface area contributed by atoms with E-state index in [1.54, 1.807) is 14.0 Å². The summed E-state index contributed by atoms with van der Waals surface area (Å²) in [5.74, 6) is 0.157. The number of hydrogen-bond acceptors (Lipinski definition) is 4. The number of nitrogens with one attached hydrogen (secondary N) is 1. The van der Waals surface area contributed by atoms with Crippen molar-refractivity contribution in [2.45, 2.75) is 19.9 Å². The number of carbonyl (C=O) groups is 2. The number of esters is 1. The Kier molecular flexibility index (Phi) is 4.84. The van der Waals surface area contributed by atoms with Gasteiger partial charge >= 0.3 is 12.0 Å². The normalized spacial score (nSPS) is 17.3. The molecule has 2 aromatic rings. The summed E-state index contributed by atoms with van der Waals surface area (Å²) in [5, 5.41) is 4.84. The molecular weight excluding hydrogens is 332 g/mol. The highest BCUT2D eigenvalue weighted by Gasteiger charge is 2.37. The number of hydrogen-bond donors (Lipinski definition) is 1. The van der Waals surface area contributed by atoms with Crippen molar-refractivity contribution in [1.82, 2.24) is 10.2 Å². The Balaban J connectivity index is 2.31. The number of nitrogens with zero attached hydrogens (tertiary/aromatic N) is 1. The number of urea groups is 1. The maximum atomic E-state index is 12.5. The molecule has 1 aliphatic rings. The highest BCUT2D eigenvalue weighted by Crippen LogP contribution is 2.39. The highest BCUT2D eigenvalue weighted by molar-refractivity contribution is 5.98. The molecule has 0 bridgehead atoms. The summed E-state index contributed by atoms with van der Waals surface area (Å²) in [6.45, 7) is 4.11. The molecule has 6 heteroatoms.